The maximum atomic E-state index is 13.0. The molecule has 1 aliphatic carbocycles. The summed E-state index contributed by atoms with van der Waals surface area (Å²) < 4.78 is 5.70. The van der Waals surface area contributed by atoms with Crippen LogP contribution in [0.5, 0.6) is 0 Å². The summed E-state index contributed by atoms with van der Waals surface area (Å²) in [5.41, 5.74) is 6.86. The van der Waals surface area contributed by atoms with Crippen molar-refractivity contribution in [2.45, 2.75) is 5.92 Å². The number of halogens is 1. The number of non-ortho nitro benzene ring substituents is 1. The van der Waals surface area contributed by atoms with Crippen LogP contribution in [0, 0.1) is 10.1 Å². The van der Waals surface area contributed by atoms with Crippen molar-refractivity contribution in [3.05, 3.63) is 111 Å². The SMILES string of the molecule is O=C(N/N=C\c1ccc(-c2cc([N+](=O)[O-])ccc2Cl)o1)C1c2ccccc2-c2ccccc21. The molecular weight excluding hydrogens is 442 g/mol. The van der Waals surface area contributed by atoms with Gasteiger partial charge < -0.3 is 4.42 Å². The molecule has 4 aromatic rings. The number of furan rings is 1. The summed E-state index contributed by atoms with van der Waals surface area (Å²) in [6, 6.07) is 23.0. The number of rotatable bonds is 5. The van der Waals surface area contributed by atoms with Crippen LogP contribution in [-0.4, -0.2) is 17.0 Å². The Labute approximate surface area is 193 Å². The van der Waals surface area contributed by atoms with E-state index in [4.69, 9.17) is 16.0 Å². The number of nitro benzene ring substituents is 1. The molecule has 0 aliphatic heterocycles. The third kappa shape index (κ3) is 3.79. The number of nitro groups is 1. The molecule has 3 aromatic carbocycles. The Morgan fingerprint density at radius 2 is 1.64 bits per heavy atom. The predicted octanol–water partition coefficient (Wildman–Crippen LogP) is 5.77. The van der Waals surface area contributed by atoms with Crippen molar-refractivity contribution in [3.63, 3.8) is 0 Å². The second kappa shape index (κ2) is 8.37. The van der Waals surface area contributed by atoms with E-state index in [1.165, 1.54) is 24.4 Å². The zero-order chi connectivity index (χ0) is 22.9. The van der Waals surface area contributed by atoms with Gasteiger partial charge in [0, 0.05) is 17.7 Å². The normalized spacial score (nSPS) is 12.5. The lowest BCUT2D eigenvalue weighted by Crippen LogP contribution is -2.24. The van der Waals surface area contributed by atoms with Gasteiger partial charge in [0.1, 0.15) is 11.5 Å². The molecule has 33 heavy (non-hydrogen) atoms. The number of nitrogens with zero attached hydrogens (tertiary/aromatic N) is 2. The number of fused-ring (bicyclic) bond motifs is 3. The van der Waals surface area contributed by atoms with Crippen LogP contribution in [0.1, 0.15) is 22.8 Å². The first-order valence-electron chi connectivity index (χ1n) is 10.1. The van der Waals surface area contributed by atoms with Gasteiger partial charge in [0.2, 0.25) is 0 Å². The summed E-state index contributed by atoms with van der Waals surface area (Å²) in [6.07, 6.45) is 1.37. The Bertz CT molecular complexity index is 1380. The van der Waals surface area contributed by atoms with Gasteiger partial charge in [-0.2, -0.15) is 5.10 Å². The zero-order valence-corrected chi connectivity index (χ0v) is 17.8. The van der Waals surface area contributed by atoms with E-state index in [1.54, 1.807) is 12.1 Å². The van der Waals surface area contributed by atoms with Gasteiger partial charge in [-0.25, -0.2) is 5.43 Å². The van der Waals surface area contributed by atoms with E-state index in [9.17, 15) is 14.9 Å². The third-order valence-corrected chi connectivity index (χ3v) is 5.85. The van der Waals surface area contributed by atoms with Gasteiger partial charge in [-0.3, -0.25) is 14.9 Å². The van der Waals surface area contributed by atoms with Crippen LogP contribution in [0.4, 0.5) is 5.69 Å². The number of amides is 1. The molecule has 0 bridgehead atoms. The van der Waals surface area contributed by atoms with Crippen LogP contribution in [-0.2, 0) is 4.79 Å². The van der Waals surface area contributed by atoms with Gasteiger partial charge in [0.05, 0.1) is 22.1 Å². The number of benzene rings is 3. The van der Waals surface area contributed by atoms with Crippen molar-refractivity contribution in [1.29, 1.82) is 0 Å². The molecule has 7 nitrogen and oxygen atoms in total. The van der Waals surface area contributed by atoms with Gasteiger partial charge in [-0.1, -0.05) is 60.1 Å². The van der Waals surface area contributed by atoms with E-state index in [0.29, 0.717) is 22.1 Å². The quantitative estimate of drug-likeness (QED) is 0.233. The molecule has 0 spiro atoms. The Morgan fingerprint density at radius 3 is 2.30 bits per heavy atom. The van der Waals surface area contributed by atoms with E-state index >= 15 is 0 Å². The van der Waals surface area contributed by atoms with E-state index in [0.717, 1.165) is 22.3 Å². The molecule has 1 amide bonds. The van der Waals surface area contributed by atoms with E-state index in [-0.39, 0.29) is 11.6 Å². The molecule has 5 rings (SSSR count). The molecule has 0 saturated heterocycles. The maximum Gasteiger partial charge on any atom is 0.270 e. The predicted molar refractivity (Wildman–Crippen MR) is 125 cm³/mol. The monoisotopic (exact) mass is 457 g/mol. The summed E-state index contributed by atoms with van der Waals surface area (Å²) in [5.74, 6) is 0.0118. The Hall–Kier alpha value is -4.23. The average molecular weight is 458 g/mol. The van der Waals surface area contributed by atoms with Gasteiger partial charge in [0.25, 0.3) is 11.6 Å². The van der Waals surface area contributed by atoms with Crippen LogP contribution in [0.3, 0.4) is 0 Å². The molecule has 8 heteroatoms. The average Bonchev–Trinajstić information content (AvgIpc) is 3.42. The fraction of sp³-hybridized carbons (Fsp3) is 0.0400. The molecule has 162 valence electrons. The molecule has 1 aliphatic rings. The highest BCUT2D eigenvalue weighted by Gasteiger charge is 2.33. The van der Waals surface area contributed by atoms with Crippen molar-refractivity contribution in [2.24, 2.45) is 5.10 Å². The van der Waals surface area contributed by atoms with Crippen molar-refractivity contribution in [2.75, 3.05) is 0 Å². The van der Waals surface area contributed by atoms with Crippen LogP contribution in [0.15, 0.2) is 88.4 Å². The zero-order valence-electron chi connectivity index (χ0n) is 17.1. The number of hydrogen-bond acceptors (Lipinski definition) is 5. The first kappa shape index (κ1) is 20.7. The smallest absolute Gasteiger partial charge is 0.270 e. The minimum Gasteiger partial charge on any atom is -0.455 e. The Morgan fingerprint density at radius 1 is 0.970 bits per heavy atom. The van der Waals surface area contributed by atoms with E-state index < -0.39 is 10.8 Å². The molecule has 1 aromatic heterocycles. The first-order valence-corrected chi connectivity index (χ1v) is 10.5. The first-order chi connectivity index (χ1) is 16.0. The standard InChI is InChI=1S/C25H16ClN3O4/c26-22-11-9-15(29(31)32)13-21(22)23-12-10-16(33-23)14-27-28-25(30)24-19-7-3-1-5-17(19)18-6-2-4-8-20(18)24/h1-14,24H,(H,28,30)/b27-14-. The summed E-state index contributed by atoms with van der Waals surface area (Å²) in [5, 5.41) is 15.4. The Kier molecular flexibility index (Phi) is 5.24. The van der Waals surface area contributed by atoms with E-state index in [1.807, 2.05) is 48.5 Å². The number of carbonyl (C=O) groups excluding carboxylic acids is 1. The minimum atomic E-state index is -0.500. The van der Waals surface area contributed by atoms with Gasteiger partial charge in [-0.15, -0.1) is 0 Å². The summed E-state index contributed by atoms with van der Waals surface area (Å²) in [7, 11) is 0. The van der Waals surface area contributed by atoms with Crippen molar-refractivity contribution < 1.29 is 14.1 Å². The van der Waals surface area contributed by atoms with Gasteiger partial charge in [-0.05, 0) is 40.5 Å². The molecule has 1 heterocycles. The van der Waals surface area contributed by atoms with Gasteiger partial charge in [0.15, 0.2) is 0 Å². The lowest BCUT2D eigenvalue weighted by atomic mass is 9.96. The molecule has 0 radical (unpaired) electrons. The number of carbonyl (C=O) groups is 1. The summed E-state index contributed by atoms with van der Waals surface area (Å²) in [6.45, 7) is 0. The third-order valence-electron chi connectivity index (χ3n) is 5.52. The van der Waals surface area contributed by atoms with Crippen LogP contribution >= 0.6 is 11.6 Å². The lowest BCUT2D eigenvalue weighted by molar-refractivity contribution is -0.384. The molecule has 0 fully saturated rings. The van der Waals surface area contributed by atoms with Crippen LogP contribution in [0.25, 0.3) is 22.5 Å². The van der Waals surface area contributed by atoms with Crippen LogP contribution < -0.4 is 5.43 Å². The highest BCUT2D eigenvalue weighted by molar-refractivity contribution is 6.33. The van der Waals surface area contributed by atoms with Crippen molar-refractivity contribution in [1.82, 2.24) is 5.43 Å². The van der Waals surface area contributed by atoms with Gasteiger partial charge >= 0.3 is 0 Å². The molecule has 0 atom stereocenters. The van der Waals surface area contributed by atoms with E-state index in [2.05, 4.69) is 10.5 Å². The number of hydrogen-bond donors (Lipinski definition) is 1. The molecule has 0 saturated carbocycles. The number of hydrazone groups is 1. The van der Waals surface area contributed by atoms with Crippen molar-refractivity contribution >= 4 is 29.4 Å². The topological polar surface area (TPSA) is 97.7 Å². The van der Waals surface area contributed by atoms with Crippen molar-refractivity contribution in [3.8, 4) is 22.5 Å². The minimum absolute atomic E-state index is 0.0922. The maximum absolute atomic E-state index is 13.0. The summed E-state index contributed by atoms with van der Waals surface area (Å²) >= 11 is 6.17. The largest absolute Gasteiger partial charge is 0.455 e. The fourth-order valence-electron chi connectivity index (χ4n) is 4.04. The second-order valence-corrected chi connectivity index (χ2v) is 7.87. The second-order valence-electron chi connectivity index (χ2n) is 7.47. The molecular formula is C25H16ClN3O4. The number of nitrogens with one attached hydrogen (secondary N) is 1. The lowest BCUT2D eigenvalue weighted by Gasteiger charge is -2.11. The molecule has 0 unspecified atom stereocenters. The molecule has 1 N–H and O–H groups in total. The van der Waals surface area contributed by atoms with Crippen LogP contribution in [0.2, 0.25) is 5.02 Å². The highest BCUT2D eigenvalue weighted by Crippen LogP contribution is 2.44. The Balaban J connectivity index is 1.34. The summed E-state index contributed by atoms with van der Waals surface area (Å²) in [4.78, 5) is 23.5. The fourth-order valence-corrected chi connectivity index (χ4v) is 4.26. The highest BCUT2D eigenvalue weighted by atomic mass is 35.5.